The number of anilines is 1. The smallest absolute Gasteiger partial charge is 0.235 e. The molecule has 0 spiro atoms. The number of hydrogen-bond donors (Lipinski definition) is 0. The second-order valence-corrected chi connectivity index (χ2v) is 10.1. The lowest BCUT2D eigenvalue weighted by Crippen LogP contribution is -2.49. The average Bonchev–Trinajstić information content (AvgIpc) is 3.06. The molecule has 27 heavy (non-hydrogen) atoms. The Morgan fingerprint density at radius 2 is 1.74 bits per heavy atom. The fraction of sp³-hybridized carbons (Fsp3) is 0.273. The molecule has 0 saturated carbocycles. The van der Waals surface area contributed by atoms with Crippen LogP contribution in [0.1, 0.15) is 43.6 Å². The number of para-hydroxylation sites is 1. The van der Waals surface area contributed by atoms with Crippen LogP contribution in [0.25, 0.3) is 11.1 Å². The van der Waals surface area contributed by atoms with Crippen molar-refractivity contribution in [2.45, 2.75) is 38.6 Å². The number of nitrogens with zero attached hydrogens (tertiary/aromatic N) is 1. The molecule has 2 heterocycles. The Balaban J connectivity index is 1.90. The summed E-state index contributed by atoms with van der Waals surface area (Å²) in [6.45, 7) is 6.35. The first-order chi connectivity index (χ1) is 13.0. The Morgan fingerprint density at radius 3 is 2.44 bits per heavy atom. The zero-order chi connectivity index (χ0) is 19.2. The molecule has 1 aliphatic rings. The minimum absolute atomic E-state index is 0.149. The van der Waals surface area contributed by atoms with Crippen molar-refractivity contribution in [1.29, 1.82) is 0 Å². The third-order valence-corrected chi connectivity index (χ3v) is 8.62. The molecule has 3 aromatic rings. The van der Waals surface area contributed by atoms with E-state index in [1.165, 1.54) is 4.88 Å². The largest absolute Gasteiger partial charge is 0.301 e. The van der Waals surface area contributed by atoms with E-state index in [2.05, 4.69) is 39.0 Å². The SMILES string of the molecule is CC[C@H](C(=O)N1c2ccccc2-c2c(ssc2=S)C1(C)C)c1ccccc1. The van der Waals surface area contributed by atoms with Gasteiger partial charge in [0.1, 0.15) is 3.82 Å². The first kappa shape index (κ1) is 18.5. The molecule has 5 heteroatoms. The Bertz CT molecular complexity index is 1050. The molecule has 0 saturated heterocycles. The molecule has 0 N–H and O–H groups in total. The third kappa shape index (κ3) is 2.89. The maximum atomic E-state index is 13.8. The van der Waals surface area contributed by atoms with Gasteiger partial charge in [0.25, 0.3) is 0 Å². The van der Waals surface area contributed by atoms with Crippen LogP contribution in [-0.4, -0.2) is 5.91 Å². The molecule has 4 rings (SSSR count). The summed E-state index contributed by atoms with van der Waals surface area (Å²) in [6, 6.07) is 18.3. The molecular weight excluding hydrogens is 390 g/mol. The standard InChI is InChI=1S/C22H21NOS3/c1-4-15(14-10-6-5-7-11-14)20(24)23-17-13-9-8-12-16(17)18-19(22(23,2)3)26-27-21(18)25/h5-13,15H,4H2,1-3H3/t15-/m0/s1. The molecule has 0 radical (unpaired) electrons. The summed E-state index contributed by atoms with van der Waals surface area (Å²) >= 11 is 5.63. The number of carbonyl (C=O) groups excluding carboxylic acids is 1. The highest BCUT2D eigenvalue weighted by molar-refractivity contribution is 7.80. The van der Waals surface area contributed by atoms with Gasteiger partial charge >= 0.3 is 0 Å². The topological polar surface area (TPSA) is 20.3 Å². The Hall–Kier alpha value is -1.82. The van der Waals surface area contributed by atoms with Crippen LogP contribution in [0.4, 0.5) is 5.69 Å². The number of carbonyl (C=O) groups is 1. The van der Waals surface area contributed by atoms with Gasteiger partial charge in [-0.3, -0.25) is 4.79 Å². The summed E-state index contributed by atoms with van der Waals surface area (Å²) < 4.78 is 0.915. The average molecular weight is 412 g/mol. The van der Waals surface area contributed by atoms with Crippen LogP contribution in [0.2, 0.25) is 0 Å². The molecule has 2 nitrogen and oxygen atoms in total. The molecule has 138 valence electrons. The second-order valence-electron chi connectivity index (χ2n) is 7.28. The zero-order valence-corrected chi connectivity index (χ0v) is 18.0. The summed E-state index contributed by atoms with van der Waals surface area (Å²) in [5.41, 5.74) is 3.82. The highest BCUT2D eigenvalue weighted by Gasteiger charge is 2.44. The van der Waals surface area contributed by atoms with Gasteiger partial charge in [0, 0.05) is 11.1 Å². The van der Waals surface area contributed by atoms with Crippen LogP contribution >= 0.6 is 32.9 Å². The highest BCUT2D eigenvalue weighted by atomic mass is 32.9. The summed E-state index contributed by atoms with van der Waals surface area (Å²) in [7, 11) is 3.33. The Labute approximate surface area is 172 Å². The van der Waals surface area contributed by atoms with E-state index in [0.717, 1.165) is 32.6 Å². The number of rotatable bonds is 3. The molecular formula is C22H21NOS3. The van der Waals surface area contributed by atoms with Gasteiger partial charge < -0.3 is 4.90 Å². The normalized spacial score (nSPS) is 15.7. The molecule has 2 aromatic carbocycles. The maximum absolute atomic E-state index is 13.8. The second kappa shape index (κ2) is 6.97. The van der Waals surface area contributed by atoms with Crippen LogP contribution < -0.4 is 4.90 Å². The van der Waals surface area contributed by atoms with Crippen molar-refractivity contribution in [1.82, 2.24) is 0 Å². The fourth-order valence-corrected chi connectivity index (χ4v) is 7.25. The van der Waals surface area contributed by atoms with E-state index in [1.807, 2.05) is 41.3 Å². The fourth-order valence-electron chi connectivity index (χ4n) is 3.97. The summed E-state index contributed by atoms with van der Waals surface area (Å²) in [5.74, 6) is -0.0113. The van der Waals surface area contributed by atoms with Gasteiger partial charge in [0.15, 0.2) is 0 Å². The van der Waals surface area contributed by atoms with E-state index in [4.69, 9.17) is 12.2 Å². The van der Waals surface area contributed by atoms with Crippen LogP contribution in [0.3, 0.4) is 0 Å². The van der Waals surface area contributed by atoms with Gasteiger partial charge in [-0.05, 0) is 31.9 Å². The molecule has 0 fully saturated rings. The summed E-state index contributed by atoms with van der Waals surface area (Å²) in [5, 5.41) is 0. The summed E-state index contributed by atoms with van der Waals surface area (Å²) in [6.07, 6.45) is 0.768. The molecule has 1 atom stereocenters. The van der Waals surface area contributed by atoms with Gasteiger partial charge in [-0.2, -0.15) is 0 Å². The van der Waals surface area contributed by atoms with E-state index in [-0.39, 0.29) is 11.8 Å². The molecule has 0 bridgehead atoms. The van der Waals surface area contributed by atoms with Crippen LogP contribution in [0, 0.1) is 3.82 Å². The highest BCUT2D eigenvalue weighted by Crippen LogP contribution is 2.52. The van der Waals surface area contributed by atoms with Gasteiger partial charge in [0.2, 0.25) is 5.91 Å². The van der Waals surface area contributed by atoms with E-state index in [1.54, 1.807) is 20.7 Å². The predicted octanol–water partition coefficient (Wildman–Crippen LogP) is 6.98. The predicted molar refractivity (Wildman–Crippen MR) is 118 cm³/mol. The summed E-state index contributed by atoms with van der Waals surface area (Å²) in [4.78, 5) is 17.0. The van der Waals surface area contributed by atoms with Crippen LogP contribution in [0.5, 0.6) is 0 Å². The van der Waals surface area contributed by atoms with Crippen molar-refractivity contribution >= 4 is 44.5 Å². The van der Waals surface area contributed by atoms with Gasteiger partial charge in [-0.1, -0.05) is 88.4 Å². The first-order valence-corrected chi connectivity index (χ1v) is 11.6. The lowest BCUT2D eigenvalue weighted by Gasteiger charge is -2.44. The third-order valence-electron chi connectivity index (χ3n) is 5.29. The van der Waals surface area contributed by atoms with Crippen LogP contribution in [-0.2, 0) is 10.3 Å². The van der Waals surface area contributed by atoms with Crippen LogP contribution in [0.15, 0.2) is 54.6 Å². The lowest BCUT2D eigenvalue weighted by molar-refractivity contribution is -0.121. The lowest BCUT2D eigenvalue weighted by atomic mass is 9.85. The molecule has 1 amide bonds. The van der Waals surface area contributed by atoms with Crippen molar-refractivity contribution in [3.8, 4) is 11.1 Å². The van der Waals surface area contributed by atoms with Crippen molar-refractivity contribution in [2.24, 2.45) is 0 Å². The zero-order valence-electron chi connectivity index (χ0n) is 15.6. The number of hydrogen-bond acceptors (Lipinski definition) is 4. The Morgan fingerprint density at radius 1 is 1.07 bits per heavy atom. The molecule has 0 unspecified atom stereocenters. The number of fused-ring (bicyclic) bond motifs is 3. The maximum Gasteiger partial charge on any atom is 0.235 e. The van der Waals surface area contributed by atoms with E-state index in [0.29, 0.717) is 0 Å². The molecule has 0 aliphatic carbocycles. The number of amides is 1. The monoisotopic (exact) mass is 411 g/mol. The Kier molecular flexibility index (Phi) is 4.78. The van der Waals surface area contributed by atoms with Crippen molar-refractivity contribution < 1.29 is 4.79 Å². The van der Waals surface area contributed by atoms with E-state index < -0.39 is 5.54 Å². The van der Waals surface area contributed by atoms with Crippen molar-refractivity contribution in [3.63, 3.8) is 0 Å². The van der Waals surface area contributed by atoms with E-state index in [9.17, 15) is 4.79 Å². The van der Waals surface area contributed by atoms with Gasteiger partial charge in [-0.25, -0.2) is 0 Å². The minimum Gasteiger partial charge on any atom is -0.301 e. The van der Waals surface area contributed by atoms with Crippen molar-refractivity contribution in [3.05, 3.63) is 68.9 Å². The van der Waals surface area contributed by atoms with Crippen molar-refractivity contribution in [2.75, 3.05) is 4.90 Å². The molecule has 1 aromatic heterocycles. The first-order valence-electron chi connectivity index (χ1n) is 9.08. The quantitative estimate of drug-likeness (QED) is 0.342. The van der Waals surface area contributed by atoms with Gasteiger partial charge in [0.05, 0.1) is 22.0 Å². The number of benzene rings is 2. The molecule has 1 aliphatic heterocycles. The van der Waals surface area contributed by atoms with Gasteiger partial charge in [-0.15, -0.1) is 0 Å². The van der Waals surface area contributed by atoms with E-state index >= 15 is 0 Å². The minimum atomic E-state index is -0.429.